The molecule has 0 saturated heterocycles. The summed E-state index contributed by atoms with van der Waals surface area (Å²) in [5.74, 6) is 0.415. The smallest absolute Gasteiger partial charge is 0.0623 e. The summed E-state index contributed by atoms with van der Waals surface area (Å²) in [5, 5.41) is 5.76. The van der Waals surface area contributed by atoms with Gasteiger partial charge in [-0.15, -0.1) is 0 Å². The van der Waals surface area contributed by atoms with Crippen LogP contribution in [0.3, 0.4) is 0 Å². The lowest BCUT2D eigenvalue weighted by Gasteiger charge is -2.46. The van der Waals surface area contributed by atoms with E-state index in [1.807, 2.05) is 0 Å². The first-order valence-electron chi connectivity index (χ1n) is 14.0. The number of hydrogen-bond donors (Lipinski definition) is 0. The number of benzene rings is 6. The maximum atomic E-state index is 4.01. The van der Waals surface area contributed by atoms with Crippen LogP contribution in [0.2, 0.25) is 0 Å². The van der Waals surface area contributed by atoms with Crippen molar-refractivity contribution in [3.63, 3.8) is 0 Å². The summed E-state index contributed by atoms with van der Waals surface area (Å²) in [5.41, 5.74) is 8.75. The zero-order chi connectivity index (χ0) is 26.7. The van der Waals surface area contributed by atoms with Crippen LogP contribution in [0.5, 0.6) is 0 Å². The minimum atomic E-state index is -2.69. The lowest BCUT2D eigenvalue weighted by Crippen LogP contribution is -2.75. The second-order valence-electron chi connectivity index (χ2n) is 10.9. The minimum Gasteiger partial charge on any atom is -0.0623 e. The van der Waals surface area contributed by atoms with Crippen molar-refractivity contribution in [3.8, 4) is 0 Å². The van der Waals surface area contributed by atoms with Crippen molar-refractivity contribution in [2.45, 2.75) is 11.8 Å². The molecule has 6 aromatic carbocycles. The second kappa shape index (κ2) is 9.30. The van der Waals surface area contributed by atoms with Gasteiger partial charge in [0.1, 0.15) is 0 Å². The fourth-order valence-electron chi connectivity index (χ4n) is 7.62. The van der Waals surface area contributed by atoms with Crippen molar-refractivity contribution in [1.29, 1.82) is 0 Å². The van der Waals surface area contributed by atoms with Crippen LogP contribution in [-0.4, -0.2) is 8.07 Å². The van der Waals surface area contributed by atoms with Crippen LogP contribution in [0.15, 0.2) is 156 Å². The standard InChI is InChI=1S/C38H27BrSi/c39-33-24-12-22-31-35-29-20-10-11-21-30(29)38(36(31)33)37-32(35)23-13-25-34(37)40(26-14-4-1-5-15-26,27-16-6-2-7-17-27)28-18-8-3-9-19-28/h1-25,35,38H. The van der Waals surface area contributed by atoms with E-state index in [0.29, 0.717) is 0 Å². The Kier molecular flexibility index (Phi) is 5.55. The Morgan fingerprint density at radius 2 is 0.800 bits per heavy atom. The van der Waals surface area contributed by atoms with E-state index in [1.165, 1.54) is 58.6 Å². The highest BCUT2D eigenvalue weighted by molar-refractivity contribution is 9.10. The highest BCUT2D eigenvalue weighted by Gasteiger charge is 2.49. The van der Waals surface area contributed by atoms with Crippen molar-refractivity contribution >= 4 is 44.8 Å². The Bertz CT molecular complexity index is 1760. The molecule has 2 bridgehead atoms. The Morgan fingerprint density at radius 3 is 1.35 bits per heavy atom. The van der Waals surface area contributed by atoms with E-state index in [9.17, 15) is 0 Å². The molecule has 0 spiro atoms. The molecule has 0 saturated carbocycles. The lowest BCUT2D eigenvalue weighted by atomic mass is 9.61. The molecule has 3 aliphatic carbocycles. The molecule has 6 aromatic rings. The van der Waals surface area contributed by atoms with Crippen molar-refractivity contribution in [1.82, 2.24) is 0 Å². The first kappa shape index (κ1) is 23.9. The Labute approximate surface area is 245 Å². The molecule has 0 heterocycles. The molecule has 0 radical (unpaired) electrons. The van der Waals surface area contributed by atoms with E-state index in [1.54, 1.807) is 0 Å². The monoisotopic (exact) mass is 590 g/mol. The van der Waals surface area contributed by atoms with Crippen LogP contribution < -0.4 is 20.7 Å². The molecule has 3 aliphatic rings. The number of rotatable bonds is 4. The highest BCUT2D eigenvalue weighted by atomic mass is 79.9. The summed E-state index contributed by atoms with van der Waals surface area (Å²) in [6.07, 6.45) is 0. The average molecular weight is 592 g/mol. The second-order valence-corrected chi connectivity index (χ2v) is 15.5. The van der Waals surface area contributed by atoms with Gasteiger partial charge in [-0.25, -0.2) is 0 Å². The number of halogens is 1. The first-order chi connectivity index (χ1) is 19.8. The summed E-state index contributed by atoms with van der Waals surface area (Å²) < 4.78 is 1.21. The quantitative estimate of drug-likeness (QED) is 0.156. The van der Waals surface area contributed by atoms with Gasteiger partial charge in [0.2, 0.25) is 0 Å². The van der Waals surface area contributed by atoms with E-state index >= 15 is 0 Å². The molecular weight excluding hydrogens is 564 g/mol. The summed E-state index contributed by atoms with van der Waals surface area (Å²) in [6, 6.07) is 57.0. The van der Waals surface area contributed by atoms with E-state index in [-0.39, 0.29) is 11.8 Å². The predicted molar refractivity (Wildman–Crippen MR) is 173 cm³/mol. The highest BCUT2D eigenvalue weighted by Crippen LogP contribution is 2.56. The maximum Gasteiger partial charge on any atom is 0.179 e. The van der Waals surface area contributed by atoms with Gasteiger partial charge in [0.05, 0.1) is 0 Å². The predicted octanol–water partition coefficient (Wildman–Crippen LogP) is 6.81. The Hall–Kier alpha value is -3.98. The van der Waals surface area contributed by atoms with Crippen LogP contribution in [-0.2, 0) is 0 Å². The summed E-state index contributed by atoms with van der Waals surface area (Å²) >= 11 is 4.01. The fraction of sp³-hybridized carbons (Fsp3) is 0.0526. The van der Waals surface area contributed by atoms with E-state index < -0.39 is 8.07 Å². The topological polar surface area (TPSA) is 0 Å². The van der Waals surface area contributed by atoms with E-state index in [0.717, 1.165) is 0 Å². The third-order valence-electron chi connectivity index (χ3n) is 9.07. The van der Waals surface area contributed by atoms with Gasteiger partial charge >= 0.3 is 0 Å². The molecular formula is C38H27BrSi. The summed E-state index contributed by atoms with van der Waals surface area (Å²) in [4.78, 5) is 0. The molecule has 0 nitrogen and oxygen atoms in total. The third kappa shape index (κ3) is 3.24. The van der Waals surface area contributed by atoms with Gasteiger partial charge < -0.3 is 0 Å². The average Bonchev–Trinajstić information content (AvgIpc) is 3.03. The molecule has 190 valence electrons. The zero-order valence-corrected chi connectivity index (χ0v) is 24.6. The van der Waals surface area contributed by atoms with Gasteiger partial charge in [-0.05, 0) is 60.2 Å². The molecule has 0 aliphatic heterocycles. The largest absolute Gasteiger partial charge is 0.179 e. The van der Waals surface area contributed by atoms with Gasteiger partial charge in [0.15, 0.2) is 8.07 Å². The Morgan fingerprint density at radius 1 is 0.375 bits per heavy atom. The fourth-order valence-corrected chi connectivity index (χ4v) is 13.3. The van der Waals surface area contributed by atoms with Gasteiger partial charge in [0, 0.05) is 16.3 Å². The van der Waals surface area contributed by atoms with E-state index in [2.05, 4.69) is 168 Å². The minimum absolute atomic E-state index is 0.181. The number of hydrogen-bond acceptors (Lipinski definition) is 0. The van der Waals surface area contributed by atoms with Crippen LogP contribution in [0.25, 0.3) is 0 Å². The van der Waals surface area contributed by atoms with Crippen LogP contribution in [0, 0.1) is 0 Å². The van der Waals surface area contributed by atoms with Crippen molar-refractivity contribution < 1.29 is 0 Å². The van der Waals surface area contributed by atoms with Crippen LogP contribution in [0.4, 0.5) is 0 Å². The molecule has 2 unspecified atom stereocenters. The summed E-state index contributed by atoms with van der Waals surface area (Å²) in [7, 11) is -2.69. The molecule has 2 heteroatoms. The zero-order valence-electron chi connectivity index (χ0n) is 22.0. The van der Waals surface area contributed by atoms with E-state index in [4.69, 9.17) is 0 Å². The van der Waals surface area contributed by atoms with Gasteiger partial charge in [-0.2, -0.15) is 0 Å². The van der Waals surface area contributed by atoms with Crippen molar-refractivity contribution in [2.75, 3.05) is 0 Å². The molecule has 9 rings (SSSR count). The van der Waals surface area contributed by atoms with Crippen LogP contribution in [0.1, 0.15) is 45.2 Å². The maximum absolute atomic E-state index is 4.01. The van der Waals surface area contributed by atoms with Crippen molar-refractivity contribution in [3.05, 3.63) is 190 Å². The lowest BCUT2D eigenvalue weighted by molar-refractivity contribution is 0.754. The van der Waals surface area contributed by atoms with Crippen LogP contribution >= 0.6 is 15.9 Å². The molecule has 0 amide bonds. The molecule has 2 atom stereocenters. The first-order valence-corrected chi connectivity index (χ1v) is 16.8. The van der Waals surface area contributed by atoms with Gasteiger partial charge in [0.25, 0.3) is 0 Å². The normalized spacial score (nSPS) is 16.6. The molecule has 0 aromatic heterocycles. The molecule has 40 heavy (non-hydrogen) atoms. The molecule has 0 fully saturated rings. The molecule has 0 N–H and O–H groups in total. The van der Waals surface area contributed by atoms with Crippen molar-refractivity contribution in [2.24, 2.45) is 0 Å². The SMILES string of the molecule is Brc1cccc2c1C1c3ccccc3C2c2cccc([Si](c3ccccc3)(c3ccccc3)c3ccccc3)c21. The van der Waals surface area contributed by atoms with Gasteiger partial charge in [-0.3, -0.25) is 0 Å². The summed E-state index contributed by atoms with van der Waals surface area (Å²) in [6.45, 7) is 0. The van der Waals surface area contributed by atoms with Gasteiger partial charge in [-0.1, -0.05) is 162 Å². The Balaban J connectivity index is 1.54. The third-order valence-corrected chi connectivity index (χ3v) is 14.6.